The fourth-order valence-electron chi connectivity index (χ4n) is 1.93. The predicted octanol–water partition coefficient (Wildman–Crippen LogP) is 2.46. The monoisotopic (exact) mass is 275 g/mol. The average molecular weight is 275 g/mol. The number of nitrogen functional groups attached to an aromatic ring is 1. The molecule has 1 amide bonds. The Kier molecular flexibility index (Phi) is 4.06. The van der Waals surface area contributed by atoms with E-state index in [-0.39, 0.29) is 0 Å². The zero-order valence-corrected chi connectivity index (χ0v) is 11.6. The molecule has 2 rings (SSSR count). The number of primary amides is 1. The van der Waals surface area contributed by atoms with E-state index in [4.69, 9.17) is 11.5 Å². The van der Waals surface area contributed by atoms with Gasteiger partial charge in [-0.3, -0.25) is 4.79 Å². The molecule has 1 aromatic carbocycles. The Hall–Kier alpha value is -2.01. The van der Waals surface area contributed by atoms with Crippen molar-refractivity contribution in [3.05, 3.63) is 46.2 Å². The molecule has 4 N–H and O–H groups in total. The van der Waals surface area contributed by atoms with Crippen LogP contribution < -0.4 is 16.4 Å². The van der Waals surface area contributed by atoms with Crippen LogP contribution in [0, 0.1) is 0 Å². The highest BCUT2D eigenvalue weighted by molar-refractivity contribution is 7.09. The van der Waals surface area contributed by atoms with Gasteiger partial charge in [0.15, 0.2) is 0 Å². The Morgan fingerprint density at radius 1 is 1.37 bits per heavy atom. The van der Waals surface area contributed by atoms with E-state index in [1.807, 2.05) is 11.4 Å². The van der Waals surface area contributed by atoms with E-state index in [9.17, 15) is 4.79 Å². The number of carbonyl (C=O) groups excluding carboxylic acids is 1. The van der Waals surface area contributed by atoms with E-state index >= 15 is 0 Å². The first kappa shape index (κ1) is 13.4. The van der Waals surface area contributed by atoms with Crippen molar-refractivity contribution < 1.29 is 4.79 Å². The molecular weight excluding hydrogens is 258 g/mol. The molecule has 0 unspecified atom stereocenters. The minimum absolute atomic E-state index is 0.437. The third kappa shape index (κ3) is 3.06. The minimum atomic E-state index is -0.437. The molecule has 0 saturated heterocycles. The lowest BCUT2D eigenvalue weighted by molar-refractivity contribution is 0.100. The number of hydrogen-bond acceptors (Lipinski definition) is 4. The van der Waals surface area contributed by atoms with Crippen molar-refractivity contribution in [2.24, 2.45) is 5.73 Å². The van der Waals surface area contributed by atoms with Gasteiger partial charge in [0.1, 0.15) is 0 Å². The third-order valence-electron chi connectivity index (χ3n) is 2.96. The normalized spacial score (nSPS) is 10.4. The van der Waals surface area contributed by atoms with Crippen molar-refractivity contribution in [2.45, 2.75) is 13.5 Å². The lowest BCUT2D eigenvalue weighted by Gasteiger charge is -2.24. The largest absolute Gasteiger partial charge is 0.397 e. The highest BCUT2D eigenvalue weighted by Gasteiger charge is 2.12. The number of rotatable bonds is 5. The van der Waals surface area contributed by atoms with Crippen LogP contribution >= 0.6 is 11.3 Å². The zero-order chi connectivity index (χ0) is 13.8. The van der Waals surface area contributed by atoms with Crippen LogP contribution in [0.5, 0.6) is 0 Å². The molecule has 0 aliphatic rings. The Morgan fingerprint density at radius 3 is 2.74 bits per heavy atom. The van der Waals surface area contributed by atoms with Crippen molar-refractivity contribution in [3.63, 3.8) is 0 Å². The van der Waals surface area contributed by atoms with Gasteiger partial charge < -0.3 is 16.4 Å². The molecule has 5 heteroatoms. The molecule has 2 aromatic rings. The van der Waals surface area contributed by atoms with E-state index in [1.54, 1.807) is 29.5 Å². The molecule has 19 heavy (non-hydrogen) atoms. The molecule has 0 saturated carbocycles. The summed E-state index contributed by atoms with van der Waals surface area (Å²) >= 11 is 1.70. The number of carbonyl (C=O) groups is 1. The summed E-state index contributed by atoms with van der Waals surface area (Å²) in [7, 11) is 0. The van der Waals surface area contributed by atoms with E-state index in [2.05, 4.69) is 17.9 Å². The smallest absolute Gasteiger partial charge is 0.248 e. The molecule has 0 fully saturated rings. The number of nitrogens with zero attached hydrogens (tertiary/aromatic N) is 1. The average Bonchev–Trinajstić information content (AvgIpc) is 2.89. The summed E-state index contributed by atoms with van der Waals surface area (Å²) in [5, 5.41) is 2.05. The highest BCUT2D eigenvalue weighted by Crippen LogP contribution is 2.26. The number of amides is 1. The lowest BCUT2D eigenvalue weighted by atomic mass is 10.1. The molecule has 1 aromatic heterocycles. The first-order chi connectivity index (χ1) is 9.11. The fourth-order valence-corrected chi connectivity index (χ4v) is 2.65. The van der Waals surface area contributed by atoms with E-state index in [0.29, 0.717) is 11.3 Å². The molecule has 4 nitrogen and oxygen atoms in total. The van der Waals surface area contributed by atoms with Gasteiger partial charge in [0.2, 0.25) is 5.91 Å². The van der Waals surface area contributed by atoms with E-state index in [1.165, 1.54) is 4.88 Å². The van der Waals surface area contributed by atoms with Gasteiger partial charge in [-0.05, 0) is 36.6 Å². The van der Waals surface area contributed by atoms with Gasteiger partial charge in [0, 0.05) is 17.0 Å². The molecule has 0 spiro atoms. The van der Waals surface area contributed by atoms with Crippen LogP contribution in [0.15, 0.2) is 35.7 Å². The second kappa shape index (κ2) is 5.75. The van der Waals surface area contributed by atoms with Crippen LogP contribution in [0.3, 0.4) is 0 Å². The van der Waals surface area contributed by atoms with Crippen LogP contribution in [0.2, 0.25) is 0 Å². The molecule has 100 valence electrons. The Labute approximate surface area is 116 Å². The molecule has 0 atom stereocenters. The van der Waals surface area contributed by atoms with Gasteiger partial charge in [-0.15, -0.1) is 11.3 Å². The SMILES string of the molecule is CCN(Cc1cccs1)c1cc(C(N)=O)ccc1N. The van der Waals surface area contributed by atoms with Crippen LogP contribution in [0.4, 0.5) is 11.4 Å². The molecule has 0 radical (unpaired) electrons. The van der Waals surface area contributed by atoms with Crippen molar-refractivity contribution in [2.75, 3.05) is 17.2 Å². The van der Waals surface area contributed by atoms with E-state index in [0.717, 1.165) is 18.8 Å². The molecule has 0 bridgehead atoms. The second-order valence-electron chi connectivity index (χ2n) is 4.23. The van der Waals surface area contributed by atoms with Crippen molar-refractivity contribution in [1.82, 2.24) is 0 Å². The van der Waals surface area contributed by atoms with Gasteiger partial charge in [-0.1, -0.05) is 6.07 Å². The van der Waals surface area contributed by atoms with Gasteiger partial charge in [0.05, 0.1) is 17.9 Å². The summed E-state index contributed by atoms with van der Waals surface area (Å²) in [5.41, 5.74) is 13.3. The number of benzene rings is 1. The maximum absolute atomic E-state index is 11.3. The van der Waals surface area contributed by atoms with Crippen LogP contribution in [0.1, 0.15) is 22.2 Å². The van der Waals surface area contributed by atoms with Gasteiger partial charge >= 0.3 is 0 Å². The Bertz CT molecular complexity index is 566. The van der Waals surface area contributed by atoms with Crippen LogP contribution in [-0.4, -0.2) is 12.5 Å². The number of nitrogens with two attached hydrogens (primary N) is 2. The number of anilines is 2. The summed E-state index contributed by atoms with van der Waals surface area (Å²) < 4.78 is 0. The summed E-state index contributed by atoms with van der Waals surface area (Å²) in [6, 6.07) is 9.25. The van der Waals surface area contributed by atoms with Crippen LogP contribution in [0.25, 0.3) is 0 Å². The standard InChI is InChI=1S/C14H17N3OS/c1-2-17(9-11-4-3-7-19-11)13-8-10(14(16)18)5-6-12(13)15/h3-8H,2,9,15H2,1H3,(H2,16,18). The number of thiophene rings is 1. The molecular formula is C14H17N3OS. The van der Waals surface area contributed by atoms with Crippen molar-refractivity contribution in [3.8, 4) is 0 Å². The quantitative estimate of drug-likeness (QED) is 0.823. The molecule has 1 heterocycles. The summed E-state index contributed by atoms with van der Waals surface area (Å²) in [6.07, 6.45) is 0. The van der Waals surface area contributed by atoms with Gasteiger partial charge in [0.25, 0.3) is 0 Å². The summed E-state index contributed by atoms with van der Waals surface area (Å²) in [5.74, 6) is -0.437. The maximum atomic E-state index is 11.3. The molecule has 0 aliphatic carbocycles. The minimum Gasteiger partial charge on any atom is -0.397 e. The topological polar surface area (TPSA) is 72.3 Å². The van der Waals surface area contributed by atoms with Gasteiger partial charge in [-0.2, -0.15) is 0 Å². The lowest BCUT2D eigenvalue weighted by Crippen LogP contribution is -2.23. The number of hydrogen-bond donors (Lipinski definition) is 2. The first-order valence-corrected chi connectivity index (χ1v) is 6.96. The van der Waals surface area contributed by atoms with Crippen LogP contribution in [-0.2, 0) is 6.54 Å². The maximum Gasteiger partial charge on any atom is 0.248 e. The van der Waals surface area contributed by atoms with Crippen molar-refractivity contribution in [1.29, 1.82) is 0 Å². The Balaban J connectivity index is 2.31. The fraction of sp³-hybridized carbons (Fsp3) is 0.214. The summed E-state index contributed by atoms with van der Waals surface area (Å²) in [6.45, 7) is 3.65. The second-order valence-corrected chi connectivity index (χ2v) is 5.26. The van der Waals surface area contributed by atoms with Crippen molar-refractivity contribution >= 4 is 28.6 Å². The van der Waals surface area contributed by atoms with E-state index < -0.39 is 5.91 Å². The third-order valence-corrected chi connectivity index (χ3v) is 3.83. The highest BCUT2D eigenvalue weighted by atomic mass is 32.1. The predicted molar refractivity (Wildman–Crippen MR) is 80.4 cm³/mol. The Morgan fingerprint density at radius 2 is 2.16 bits per heavy atom. The first-order valence-electron chi connectivity index (χ1n) is 6.08. The zero-order valence-electron chi connectivity index (χ0n) is 10.8. The molecule has 0 aliphatic heterocycles. The summed E-state index contributed by atoms with van der Waals surface area (Å²) in [4.78, 5) is 14.6. The van der Waals surface area contributed by atoms with Gasteiger partial charge in [-0.25, -0.2) is 0 Å².